The Morgan fingerprint density at radius 1 is 1.22 bits per heavy atom. The molecule has 1 fully saturated rings. The molecule has 2 N–H and O–H groups in total. The second-order valence-corrected chi connectivity index (χ2v) is 5.18. The van der Waals surface area contributed by atoms with Gasteiger partial charge in [0.15, 0.2) is 0 Å². The van der Waals surface area contributed by atoms with Gasteiger partial charge in [-0.25, -0.2) is 0 Å². The van der Waals surface area contributed by atoms with E-state index in [9.17, 15) is 20.2 Å². The van der Waals surface area contributed by atoms with Crippen LogP contribution in [0.2, 0.25) is 0 Å². The van der Waals surface area contributed by atoms with Crippen molar-refractivity contribution in [3.05, 3.63) is 62.5 Å². The van der Waals surface area contributed by atoms with Crippen molar-refractivity contribution in [1.29, 1.82) is 0 Å². The van der Waals surface area contributed by atoms with Crippen LogP contribution in [-0.4, -0.2) is 20.5 Å². The molecule has 1 aromatic carbocycles. The number of nitrogens with zero attached hydrogens (tertiary/aromatic N) is 3. The summed E-state index contributed by atoms with van der Waals surface area (Å²) in [6.07, 6.45) is 3.81. The van der Waals surface area contributed by atoms with Gasteiger partial charge in [0.1, 0.15) is 5.69 Å². The lowest BCUT2D eigenvalue weighted by molar-refractivity contribution is -0.393. The van der Waals surface area contributed by atoms with Gasteiger partial charge in [0.2, 0.25) is 0 Å². The number of nitro benzene ring substituents is 2. The van der Waals surface area contributed by atoms with E-state index in [0.717, 1.165) is 30.3 Å². The average Bonchev–Trinajstić information content (AvgIpc) is 3.21. The number of H-pyrrole nitrogens is 1. The quantitative estimate of drug-likeness (QED) is 0.481. The fourth-order valence-electron chi connectivity index (χ4n) is 2.22. The second-order valence-electron chi connectivity index (χ2n) is 5.18. The normalized spacial score (nSPS) is 14.5. The monoisotopic (exact) mass is 315 g/mol. The maximum atomic E-state index is 11.1. The van der Waals surface area contributed by atoms with Crippen LogP contribution in [0, 0.1) is 26.1 Å². The molecule has 1 saturated carbocycles. The van der Waals surface area contributed by atoms with Crippen LogP contribution in [0.3, 0.4) is 0 Å². The highest BCUT2D eigenvalue weighted by atomic mass is 16.6. The van der Waals surface area contributed by atoms with E-state index < -0.39 is 9.85 Å². The van der Waals surface area contributed by atoms with Crippen LogP contribution in [-0.2, 0) is 0 Å². The van der Waals surface area contributed by atoms with Gasteiger partial charge < -0.3 is 4.98 Å². The van der Waals surface area contributed by atoms with Gasteiger partial charge in [0.25, 0.3) is 5.69 Å². The van der Waals surface area contributed by atoms with Crippen molar-refractivity contribution in [2.75, 3.05) is 5.43 Å². The van der Waals surface area contributed by atoms with Crippen LogP contribution in [0.1, 0.15) is 18.5 Å². The minimum atomic E-state index is -0.672. The molecule has 0 radical (unpaired) electrons. The zero-order chi connectivity index (χ0) is 16.4. The van der Waals surface area contributed by atoms with Gasteiger partial charge in [0.05, 0.1) is 27.3 Å². The Labute approximate surface area is 130 Å². The minimum absolute atomic E-state index is 0.116. The van der Waals surface area contributed by atoms with E-state index in [2.05, 4.69) is 15.5 Å². The summed E-state index contributed by atoms with van der Waals surface area (Å²) in [6.45, 7) is 0. The fourth-order valence-corrected chi connectivity index (χ4v) is 2.22. The number of nitrogens with one attached hydrogen (secondary N) is 2. The lowest BCUT2D eigenvalue weighted by Crippen LogP contribution is -2.08. The number of nitro groups is 2. The van der Waals surface area contributed by atoms with Gasteiger partial charge >= 0.3 is 5.69 Å². The minimum Gasteiger partial charge on any atom is -0.360 e. The molecular formula is C14H13N5O4. The molecule has 118 valence electrons. The number of hydrazone groups is 1. The van der Waals surface area contributed by atoms with E-state index in [4.69, 9.17) is 0 Å². The van der Waals surface area contributed by atoms with Crippen LogP contribution in [0.15, 0.2) is 41.6 Å². The molecule has 0 bridgehead atoms. The topological polar surface area (TPSA) is 126 Å². The van der Waals surface area contributed by atoms with Crippen molar-refractivity contribution in [2.45, 2.75) is 12.8 Å². The summed E-state index contributed by atoms with van der Waals surface area (Å²) in [6, 6.07) is 7.14. The lowest BCUT2D eigenvalue weighted by Gasteiger charge is -2.06. The van der Waals surface area contributed by atoms with Crippen molar-refractivity contribution in [2.24, 2.45) is 11.0 Å². The van der Waals surface area contributed by atoms with Gasteiger partial charge in [-0.15, -0.1) is 0 Å². The number of rotatable bonds is 6. The van der Waals surface area contributed by atoms with E-state index in [-0.39, 0.29) is 17.1 Å². The maximum absolute atomic E-state index is 11.1. The summed E-state index contributed by atoms with van der Waals surface area (Å²) in [5.41, 5.74) is 3.72. The Morgan fingerprint density at radius 2 is 2.00 bits per heavy atom. The van der Waals surface area contributed by atoms with E-state index in [1.807, 2.05) is 12.1 Å². The zero-order valence-corrected chi connectivity index (χ0v) is 11.9. The Hall–Kier alpha value is -3.23. The van der Waals surface area contributed by atoms with E-state index in [1.54, 1.807) is 6.20 Å². The molecule has 3 rings (SSSR count). The SMILES string of the molecule is O=[N+]([O-])c1ccc(NN=C(c2ccc[nH]2)C2CC2)c([N+](=O)[O-])c1. The maximum Gasteiger partial charge on any atom is 0.301 e. The number of anilines is 1. The van der Waals surface area contributed by atoms with E-state index >= 15 is 0 Å². The summed E-state index contributed by atoms with van der Waals surface area (Å²) >= 11 is 0. The summed E-state index contributed by atoms with van der Waals surface area (Å²) in [5, 5.41) is 26.1. The first-order chi connectivity index (χ1) is 11.1. The second kappa shape index (κ2) is 5.87. The highest BCUT2D eigenvalue weighted by Crippen LogP contribution is 2.34. The molecule has 0 saturated heterocycles. The number of aromatic amines is 1. The van der Waals surface area contributed by atoms with Crippen LogP contribution in [0.5, 0.6) is 0 Å². The molecule has 2 aromatic rings. The van der Waals surface area contributed by atoms with Crippen molar-refractivity contribution < 1.29 is 9.85 Å². The van der Waals surface area contributed by atoms with Gasteiger partial charge in [0, 0.05) is 18.2 Å². The van der Waals surface area contributed by atoms with Crippen molar-refractivity contribution in [3.8, 4) is 0 Å². The molecule has 1 heterocycles. The summed E-state index contributed by atoms with van der Waals surface area (Å²) in [5.74, 6) is 0.318. The summed E-state index contributed by atoms with van der Waals surface area (Å²) in [4.78, 5) is 23.6. The Bertz CT molecular complexity index is 780. The molecule has 0 unspecified atom stereocenters. The molecule has 0 atom stereocenters. The predicted molar refractivity (Wildman–Crippen MR) is 83.4 cm³/mol. The number of non-ortho nitro benzene ring substituents is 1. The average molecular weight is 315 g/mol. The Kier molecular flexibility index (Phi) is 3.75. The highest BCUT2D eigenvalue weighted by molar-refractivity contribution is 6.02. The predicted octanol–water partition coefficient (Wildman–Crippen LogP) is 3.06. The molecule has 1 aliphatic rings. The number of aromatic nitrogens is 1. The smallest absolute Gasteiger partial charge is 0.301 e. The van der Waals surface area contributed by atoms with Gasteiger partial charge in [-0.1, -0.05) is 0 Å². The molecule has 9 heteroatoms. The Morgan fingerprint density at radius 3 is 2.57 bits per heavy atom. The molecular weight excluding hydrogens is 302 g/mol. The van der Waals surface area contributed by atoms with Gasteiger partial charge in [-0.2, -0.15) is 5.10 Å². The number of benzene rings is 1. The molecule has 23 heavy (non-hydrogen) atoms. The summed E-state index contributed by atoms with van der Waals surface area (Å²) in [7, 11) is 0. The molecule has 0 spiro atoms. The third-order valence-electron chi connectivity index (χ3n) is 3.52. The summed E-state index contributed by atoms with van der Waals surface area (Å²) < 4.78 is 0. The lowest BCUT2D eigenvalue weighted by atomic mass is 10.2. The first-order valence-electron chi connectivity index (χ1n) is 6.96. The largest absolute Gasteiger partial charge is 0.360 e. The Balaban J connectivity index is 1.91. The van der Waals surface area contributed by atoms with Crippen LogP contribution < -0.4 is 5.43 Å². The third kappa shape index (κ3) is 3.18. The highest BCUT2D eigenvalue weighted by Gasteiger charge is 2.29. The zero-order valence-electron chi connectivity index (χ0n) is 11.9. The fraction of sp³-hybridized carbons (Fsp3) is 0.214. The standard InChI is InChI=1S/C14H13N5O4/c20-18(21)10-5-6-11(13(8-10)19(22)23)16-17-14(9-3-4-9)12-2-1-7-15-12/h1-2,5-9,15-16H,3-4H2. The van der Waals surface area contributed by atoms with Crippen molar-refractivity contribution in [3.63, 3.8) is 0 Å². The third-order valence-corrected chi connectivity index (χ3v) is 3.52. The molecule has 9 nitrogen and oxygen atoms in total. The molecule has 0 amide bonds. The number of hydrogen-bond acceptors (Lipinski definition) is 6. The van der Waals surface area contributed by atoms with Crippen LogP contribution in [0.4, 0.5) is 17.1 Å². The van der Waals surface area contributed by atoms with Crippen molar-refractivity contribution >= 4 is 22.8 Å². The van der Waals surface area contributed by atoms with Crippen LogP contribution >= 0.6 is 0 Å². The van der Waals surface area contributed by atoms with Crippen LogP contribution in [0.25, 0.3) is 0 Å². The molecule has 0 aliphatic heterocycles. The molecule has 1 aromatic heterocycles. The van der Waals surface area contributed by atoms with E-state index in [1.165, 1.54) is 12.1 Å². The molecule has 1 aliphatic carbocycles. The van der Waals surface area contributed by atoms with E-state index in [0.29, 0.717) is 5.92 Å². The number of hydrogen-bond donors (Lipinski definition) is 2. The first kappa shape index (κ1) is 14.7. The van der Waals surface area contributed by atoms with Crippen molar-refractivity contribution in [1.82, 2.24) is 4.98 Å². The van der Waals surface area contributed by atoms with Gasteiger partial charge in [-0.05, 0) is 31.0 Å². The first-order valence-corrected chi connectivity index (χ1v) is 6.96. The van der Waals surface area contributed by atoms with Gasteiger partial charge in [-0.3, -0.25) is 25.7 Å².